The molecule has 0 radical (unpaired) electrons. The number of pyridine rings is 1. The summed E-state index contributed by atoms with van der Waals surface area (Å²) in [6.45, 7) is 3.65. The number of halogens is 2. The predicted molar refractivity (Wildman–Crippen MR) is 184 cm³/mol. The molecular formula is C36H42F2N6O3S. The highest BCUT2D eigenvalue weighted by Gasteiger charge is 2.33. The van der Waals surface area contributed by atoms with Crippen molar-refractivity contribution < 1.29 is 23.5 Å². The van der Waals surface area contributed by atoms with E-state index >= 15 is 0 Å². The SMILES string of the molecule is Cc1csc(C2CCCN2C(=O)c2cc(C(=O)NC(Cc3ccccc3)C(O)CNCc3cncc(C(C)(F)F)c3)cc(N(C)C)c2)n1. The van der Waals surface area contributed by atoms with Crippen LogP contribution in [0.3, 0.4) is 0 Å². The summed E-state index contributed by atoms with van der Waals surface area (Å²) in [5, 5.41) is 20.3. The zero-order valence-corrected chi connectivity index (χ0v) is 28.4. The maximum Gasteiger partial charge on any atom is 0.272 e. The molecule has 48 heavy (non-hydrogen) atoms. The normalized spacial score (nSPS) is 16.1. The first-order valence-corrected chi connectivity index (χ1v) is 16.9. The van der Waals surface area contributed by atoms with E-state index in [2.05, 4.69) is 20.6 Å². The van der Waals surface area contributed by atoms with Crippen molar-refractivity contribution in [2.75, 3.05) is 32.1 Å². The number of aryl methyl sites for hydroxylation is 1. The third-order valence-electron chi connectivity index (χ3n) is 8.44. The predicted octanol–water partition coefficient (Wildman–Crippen LogP) is 5.49. The number of anilines is 1. The molecule has 9 nitrogen and oxygen atoms in total. The lowest BCUT2D eigenvalue weighted by atomic mass is 9.99. The average molecular weight is 677 g/mol. The largest absolute Gasteiger partial charge is 0.390 e. The van der Waals surface area contributed by atoms with Gasteiger partial charge >= 0.3 is 0 Å². The van der Waals surface area contributed by atoms with Crippen molar-refractivity contribution in [1.29, 1.82) is 0 Å². The van der Waals surface area contributed by atoms with Crippen molar-refractivity contribution in [3.63, 3.8) is 0 Å². The number of aliphatic hydroxyl groups is 1. The minimum Gasteiger partial charge on any atom is -0.390 e. The van der Waals surface area contributed by atoms with Crippen LogP contribution in [-0.4, -0.2) is 71.1 Å². The zero-order chi connectivity index (χ0) is 34.4. The van der Waals surface area contributed by atoms with Crippen molar-refractivity contribution in [2.45, 2.75) is 63.8 Å². The van der Waals surface area contributed by atoms with E-state index in [4.69, 9.17) is 0 Å². The second kappa shape index (κ2) is 15.3. The topological polar surface area (TPSA) is 111 Å². The minimum atomic E-state index is -3.02. The molecule has 5 rings (SSSR count). The van der Waals surface area contributed by atoms with Gasteiger partial charge in [0.2, 0.25) is 0 Å². The summed E-state index contributed by atoms with van der Waals surface area (Å²) in [6.07, 6.45) is 3.66. The first-order valence-electron chi connectivity index (χ1n) is 16.0. The number of nitrogens with zero attached hydrogens (tertiary/aromatic N) is 4. The molecule has 1 saturated heterocycles. The molecule has 2 aromatic heterocycles. The highest BCUT2D eigenvalue weighted by atomic mass is 32.1. The average Bonchev–Trinajstić information content (AvgIpc) is 3.73. The highest BCUT2D eigenvalue weighted by molar-refractivity contribution is 7.09. The molecule has 2 aromatic carbocycles. The Morgan fingerprint density at radius 3 is 2.54 bits per heavy atom. The molecule has 1 aliphatic heterocycles. The molecule has 1 fully saturated rings. The van der Waals surface area contributed by atoms with Gasteiger partial charge in [-0.3, -0.25) is 14.6 Å². The van der Waals surface area contributed by atoms with Crippen LogP contribution in [0.4, 0.5) is 14.5 Å². The number of aliphatic hydroxyl groups excluding tert-OH is 1. The molecule has 0 aliphatic carbocycles. The van der Waals surface area contributed by atoms with E-state index in [1.807, 2.05) is 66.5 Å². The number of benzene rings is 2. The first-order chi connectivity index (χ1) is 22.9. The Morgan fingerprint density at radius 1 is 1.10 bits per heavy atom. The number of carbonyl (C=O) groups is 2. The van der Waals surface area contributed by atoms with Crippen molar-refractivity contribution in [1.82, 2.24) is 25.5 Å². The number of nitrogens with one attached hydrogen (secondary N) is 2. The Bertz CT molecular complexity index is 1710. The number of thiazole rings is 1. The van der Waals surface area contributed by atoms with E-state index in [0.29, 0.717) is 35.3 Å². The van der Waals surface area contributed by atoms with E-state index in [-0.39, 0.29) is 30.6 Å². The number of hydrogen-bond donors (Lipinski definition) is 3. The van der Waals surface area contributed by atoms with Crippen LogP contribution < -0.4 is 15.5 Å². The van der Waals surface area contributed by atoms with Gasteiger partial charge in [-0.2, -0.15) is 0 Å². The molecule has 3 atom stereocenters. The molecule has 3 unspecified atom stereocenters. The molecular weight excluding hydrogens is 634 g/mol. The Balaban J connectivity index is 1.34. The fourth-order valence-corrected chi connectivity index (χ4v) is 6.76. The molecule has 0 saturated carbocycles. The third kappa shape index (κ3) is 8.80. The number of aromatic nitrogens is 2. The number of likely N-dealkylation sites (tertiary alicyclic amines) is 1. The Kier molecular flexibility index (Phi) is 11.2. The van der Waals surface area contributed by atoms with Crippen LogP contribution in [0.2, 0.25) is 0 Å². The van der Waals surface area contributed by atoms with E-state index in [9.17, 15) is 23.5 Å². The summed E-state index contributed by atoms with van der Waals surface area (Å²) in [5.74, 6) is -3.60. The smallest absolute Gasteiger partial charge is 0.272 e. The molecule has 2 amide bonds. The molecule has 254 valence electrons. The van der Waals surface area contributed by atoms with Crippen LogP contribution in [0, 0.1) is 6.92 Å². The van der Waals surface area contributed by atoms with E-state index in [0.717, 1.165) is 42.2 Å². The lowest BCUT2D eigenvalue weighted by Gasteiger charge is -2.26. The fourth-order valence-electron chi connectivity index (χ4n) is 5.82. The van der Waals surface area contributed by atoms with E-state index < -0.39 is 24.0 Å². The summed E-state index contributed by atoms with van der Waals surface area (Å²) in [7, 11) is 3.70. The molecule has 3 heterocycles. The van der Waals surface area contributed by atoms with Gasteiger partial charge in [-0.1, -0.05) is 30.3 Å². The maximum absolute atomic E-state index is 13.9. The zero-order valence-electron chi connectivity index (χ0n) is 27.6. The summed E-state index contributed by atoms with van der Waals surface area (Å²) >= 11 is 1.56. The van der Waals surface area contributed by atoms with Gasteiger partial charge in [0.25, 0.3) is 17.7 Å². The number of amides is 2. The Hall–Kier alpha value is -4.26. The maximum atomic E-state index is 13.9. The lowest BCUT2D eigenvalue weighted by molar-refractivity contribution is 0.0170. The minimum absolute atomic E-state index is 0.0819. The van der Waals surface area contributed by atoms with Crippen molar-refractivity contribution >= 4 is 28.8 Å². The van der Waals surface area contributed by atoms with Crippen LogP contribution in [0.15, 0.2) is 72.4 Å². The summed E-state index contributed by atoms with van der Waals surface area (Å²) in [5.41, 5.74) is 3.61. The third-order valence-corrected chi connectivity index (χ3v) is 9.51. The quantitative estimate of drug-likeness (QED) is 0.172. The molecule has 4 aromatic rings. The molecule has 0 bridgehead atoms. The van der Waals surface area contributed by atoms with E-state index in [1.165, 1.54) is 12.3 Å². The second-order valence-electron chi connectivity index (χ2n) is 12.6. The number of alkyl halides is 2. The number of carbonyl (C=O) groups excluding carboxylic acids is 2. The van der Waals surface area contributed by atoms with Crippen LogP contribution in [0.5, 0.6) is 0 Å². The molecule has 0 spiro atoms. The van der Waals surface area contributed by atoms with Gasteiger partial charge < -0.3 is 25.5 Å². The lowest BCUT2D eigenvalue weighted by Crippen LogP contribution is -2.48. The van der Waals surface area contributed by atoms with Gasteiger partial charge in [-0.05, 0) is 61.6 Å². The van der Waals surface area contributed by atoms with Gasteiger partial charge in [-0.15, -0.1) is 11.3 Å². The van der Waals surface area contributed by atoms with Crippen molar-refractivity contribution in [2.24, 2.45) is 0 Å². The van der Waals surface area contributed by atoms with Gasteiger partial charge in [0, 0.05) is 86.5 Å². The summed E-state index contributed by atoms with van der Waals surface area (Å²) < 4.78 is 27.6. The Labute approximate surface area is 284 Å². The van der Waals surface area contributed by atoms with Gasteiger partial charge in [0.1, 0.15) is 5.01 Å². The van der Waals surface area contributed by atoms with Gasteiger partial charge in [0.15, 0.2) is 0 Å². The highest BCUT2D eigenvalue weighted by Crippen LogP contribution is 2.35. The molecule has 1 aliphatic rings. The molecule has 12 heteroatoms. The fraction of sp³-hybridized carbons (Fsp3) is 0.389. The standard InChI is InChI=1S/C36H42F2N6O3S/c1-23-22-48-34(41-23)31-11-8-12-44(31)35(47)27-15-26(16-29(17-27)43(3)4)33(46)42-30(14-24-9-6-5-7-10-24)32(45)21-40-19-25-13-28(20-39-18-25)36(2,37)38/h5-7,9-10,13,15-18,20,22,30-32,40,45H,8,11-12,14,19,21H2,1-4H3,(H,42,46). The first kappa shape index (κ1) is 35.1. The Morgan fingerprint density at radius 2 is 1.85 bits per heavy atom. The van der Waals surface area contributed by atoms with Crippen LogP contribution >= 0.6 is 11.3 Å². The van der Waals surface area contributed by atoms with E-state index in [1.54, 1.807) is 29.5 Å². The van der Waals surface area contributed by atoms with Gasteiger partial charge in [0.05, 0.1) is 18.2 Å². The number of hydrogen-bond acceptors (Lipinski definition) is 8. The van der Waals surface area contributed by atoms with Crippen LogP contribution in [0.25, 0.3) is 0 Å². The van der Waals surface area contributed by atoms with Crippen LogP contribution in [0.1, 0.15) is 73.9 Å². The summed E-state index contributed by atoms with van der Waals surface area (Å²) in [6, 6.07) is 15.2. The van der Waals surface area contributed by atoms with Crippen LogP contribution in [-0.2, 0) is 18.9 Å². The molecule has 3 N–H and O–H groups in total. The number of rotatable bonds is 13. The van der Waals surface area contributed by atoms with Gasteiger partial charge in [-0.25, -0.2) is 13.8 Å². The summed E-state index contributed by atoms with van der Waals surface area (Å²) in [4.78, 5) is 40.0. The van der Waals surface area contributed by atoms with Crippen molar-refractivity contribution in [3.05, 3.63) is 111 Å². The second-order valence-corrected chi connectivity index (χ2v) is 13.5. The van der Waals surface area contributed by atoms with Crippen molar-refractivity contribution in [3.8, 4) is 0 Å². The monoisotopic (exact) mass is 676 g/mol.